The van der Waals surface area contributed by atoms with Crippen LogP contribution in [0.15, 0.2) is 24.3 Å². The van der Waals surface area contributed by atoms with Gasteiger partial charge in [-0.25, -0.2) is 9.59 Å². The molecule has 1 aliphatic heterocycles. The lowest BCUT2D eigenvalue weighted by molar-refractivity contribution is -0.133. The third-order valence-corrected chi connectivity index (χ3v) is 6.55. The number of aliphatic carboxylic acids is 2. The van der Waals surface area contributed by atoms with Gasteiger partial charge in [-0.3, -0.25) is 4.55 Å². The third kappa shape index (κ3) is 16.0. The van der Waals surface area contributed by atoms with Gasteiger partial charge < -0.3 is 14.9 Å². The highest BCUT2D eigenvalue weighted by Crippen LogP contribution is 2.19. The first-order chi connectivity index (χ1) is 15.0. The molecule has 0 radical (unpaired) electrons. The predicted molar refractivity (Wildman–Crippen MR) is 124 cm³/mol. The summed E-state index contributed by atoms with van der Waals surface area (Å²) in [6, 6.07) is 0. The van der Waals surface area contributed by atoms with E-state index in [2.05, 4.69) is 20.1 Å². The van der Waals surface area contributed by atoms with Crippen LogP contribution in [0.1, 0.15) is 90.4 Å². The molecule has 0 aliphatic carbocycles. The normalized spacial score (nSPS) is 15.9. The lowest BCUT2D eigenvalue weighted by Gasteiger charge is -2.13. The molecule has 0 saturated carbocycles. The van der Waals surface area contributed by atoms with Gasteiger partial charge in [0.05, 0.1) is 18.3 Å². The van der Waals surface area contributed by atoms with Crippen molar-refractivity contribution in [2.75, 3.05) is 6.61 Å². The lowest BCUT2D eigenvalue weighted by Crippen LogP contribution is -2.26. The van der Waals surface area contributed by atoms with Gasteiger partial charge in [-0.1, -0.05) is 84.3 Å². The first-order valence-corrected chi connectivity index (χ1v) is 12.9. The Morgan fingerprint density at radius 1 is 0.938 bits per heavy atom. The van der Waals surface area contributed by atoms with Crippen molar-refractivity contribution in [3.05, 3.63) is 24.3 Å². The molecule has 1 fully saturated rings. The number of hydrogen-bond donors (Lipinski definition) is 3. The van der Waals surface area contributed by atoms with Gasteiger partial charge in [-0.05, 0) is 19.3 Å². The van der Waals surface area contributed by atoms with E-state index in [0.29, 0.717) is 18.9 Å². The van der Waals surface area contributed by atoms with E-state index in [1.54, 1.807) is 0 Å². The molecule has 9 heteroatoms. The Bertz CT molecular complexity index is 695. The molecule has 0 aromatic heterocycles. The van der Waals surface area contributed by atoms with E-state index in [1.807, 2.05) is 0 Å². The molecule has 186 valence electrons. The molecular formula is C23H40O8S. The second kappa shape index (κ2) is 16.9. The summed E-state index contributed by atoms with van der Waals surface area (Å²) in [7, 11) is -4.40. The van der Waals surface area contributed by atoms with Crippen molar-refractivity contribution >= 4 is 22.1 Å². The lowest BCUT2D eigenvalue weighted by atomic mass is 10.0. The van der Waals surface area contributed by atoms with Crippen LogP contribution in [0.3, 0.4) is 0 Å². The van der Waals surface area contributed by atoms with Crippen LogP contribution in [0.25, 0.3) is 0 Å². The second-order valence-corrected chi connectivity index (χ2v) is 9.81. The van der Waals surface area contributed by atoms with E-state index in [0.717, 1.165) is 32.3 Å². The number of epoxide rings is 1. The average molecular weight is 477 g/mol. The van der Waals surface area contributed by atoms with E-state index in [9.17, 15) is 18.0 Å². The number of hydrogen-bond acceptors (Lipinski definition) is 5. The summed E-state index contributed by atoms with van der Waals surface area (Å²) in [6.07, 6.45) is 12.8. The van der Waals surface area contributed by atoms with Crippen LogP contribution in [0.4, 0.5) is 0 Å². The molecule has 1 rings (SSSR count). The van der Waals surface area contributed by atoms with Crippen LogP contribution in [-0.2, 0) is 24.4 Å². The fourth-order valence-electron chi connectivity index (χ4n) is 3.13. The van der Waals surface area contributed by atoms with Crippen molar-refractivity contribution in [1.82, 2.24) is 0 Å². The van der Waals surface area contributed by atoms with Gasteiger partial charge in [-0.15, -0.1) is 0 Å². The molecule has 2 unspecified atom stereocenters. The van der Waals surface area contributed by atoms with Gasteiger partial charge in [0.25, 0.3) is 10.1 Å². The van der Waals surface area contributed by atoms with E-state index in [1.165, 1.54) is 38.5 Å². The Balaban J connectivity index is 0.000000792. The molecule has 1 heterocycles. The highest BCUT2D eigenvalue weighted by atomic mass is 32.2. The number of rotatable bonds is 18. The van der Waals surface area contributed by atoms with Gasteiger partial charge in [0.2, 0.25) is 0 Å². The Kier molecular flexibility index (Phi) is 16.0. The molecule has 32 heavy (non-hydrogen) atoms. The fraction of sp³-hybridized carbons (Fsp3) is 0.739. The molecule has 0 amide bonds. The Labute approximate surface area is 192 Å². The number of carbonyl (C=O) groups is 2. The van der Waals surface area contributed by atoms with Gasteiger partial charge >= 0.3 is 11.9 Å². The maximum Gasteiger partial charge on any atom is 0.332 e. The largest absolute Gasteiger partial charge is 0.478 e. The fourth-order valence-corrected chi connectivity index (χ4v) is 4.06. The predicted octanol–water partition coefficient (Wildman–Crippen LogP) is 5.00. The van der Waals surface area contributed by atoms with E-state index >= 15 is 0 Å². The molecule has 0 bridgehead atoms. The van der Waals surface area contributed by atoms with Crippen molar-refractivity contribution < 1.29 is 37.5 Å². The number of ether oxygens (including phenoxy) is 1. The highest BCUT2D eigenvalue weighted by Gasteiger charge is 2.29. The standard InChI is InChI=1S/C16H30O5S.C7H10O3/c1-3-4-5-6-7-8-9-10-11-12-13-15(22(19,20)21)14(2)16(17)18;1-5(7(8)9)2-3-6-4-10-6/h15H,2-13H2,1H3,(H,17,18)(H,19,20,21);6H,1-4H2,(H,8,9). The van der Waals surface area contributed by atoms with Gasteiger partial charge in [0, 0.05) is 5.57 Å². The maximum absolute atomic E-state index is 11.2. The Morgan fingerprint density at radius 2 is 1.41 bits per heavy atom. The highest BCUT2D eigenvalue weighted by molar-refractivity contribution is 7.86. The van der Waals surface area contributed by atoms with Crippen LogP contribution in [0.2, 0.25) is 0 Å². The number of carboxylic acid groups (broad SMARTS) is 2. The monoisotopic (exact) mass is 476 g/mol. The Hall–Kier alpha value is -1.71. The van der Waals surface area contributed by atoms with Gasteiger partial charge in [-0.2, -0.15) is 8.42 Å². The van der Waals surface area contributed by atoms with Gasteiger partial charge in [0.15, 0.2) is 0 Å². The summed E-state index contributed by atoms with van der Waals surface area (Å²) in [5, 5.41) is 15.8. The molecule has 0 spiro atoms. The second-order valence-electron chi connectivity index (χ2n) is 8.21. The SMILES string of the molecule is C=C(C(=O)O)C(CCCCCCCCCCCC)S(=O)(=O)O.C=C(CCC1CO1)C(=O)O. The zero-order valence-electron chi connectivity index (χ0n) is 19.3. The number of unbranched alkanes of at least 4 members (excludes halogenated alkanes) is 9. The van der Waals surface area contributed by atoms with Crippen molar-refractivity contribution in [2.24, 2.45) is 0 Å². The van der Waals surface area contributed by atoms with Gasteiger partial charge in [0.1, 0.15) is 5.25 Å². The van der Waals surface area contributed by atoms with E-state index in [4.69, 9.17) is 19.5 Å². The van der Waals surface area contributed by atoms with Crippen LogP contribution >= 0.6 is 0 Å². The topological polar surface area (TPSA) is 142 Å². The molecule has 3 N–H and O–H groups in total. The summed E-state index contributed by atoms with van der Waals surface area (Å²) in [5.41, 5.74) is -0.186. The van der Waals surface area contributed by atoms with Crippen molar-refractivity contribution in [1.29, 1.82) is 0 Å². The van der Waals surface area contributed by atoms with Crippen LogP contribution in [0, 0.1) is 0 Å². The smallest absolute Gasteiger partial charge is 0.332 e. The minimum absolute atomic E-state index is 0.112. The first kappa shape index (κ1) is 30.3. The van der Waals surface area contributed by atoms with E-state index in [-0.39, 0.29) is 12.0 Å². The van der Waals surface area contributed by atoms with Crippen molar-refractivity contribution in [2.45, 2.75) is 102 Å². The Morgan fingerprint density at radius 3 is 1.78 bits per heavy atom. The minimum Gasteiger partial charge on any atom is -0.478 e. The first-order valence-electron chi connectivity index (χ1n) is 11.4. The van der Waals surface area contributed by atoms with Crippen molar-refractivity contribution in [3.63, 3.8) is 0 Å². The number of carboxylic acids is 2. The molecule has 2 atom stereocenters. The van der Waals surface area contributed by atoms with Crippen LogP contribution in [0.5, 0.6) is 0 Å². The maximum atomic E-state index is 11.2. The molecule has 0 aromatic rings. The minimum atomic E-state index is -4.40. The molecule has 0 aromatic carbocycles. The molecule has 1 saturated heterocycles. The summed E-state index contributed by atoms with van der Waals surface area (Å²) in [6.45, 7) is 9.62. The van der Waals surface area contributed by atoms with Crippen LogP contribution < -0.4 is 0 Å². The summed E-state index contributed by atoms with van der Waals surface area (Å²) in [4.78, 5) is 21.0. The zero-order valence-corrected chi connectivity index (χ0v) is 20.1. The van der Waals surface area contributed by atoms with E-state index < -0.39 is 32.9 Å². The molecule has 1 aliphatic rings. The van der Waals surface area contributed by atoms with Crippen LogP contribution in [-0.4, -0.2) is 53.1 Å². The summed E-state index contributed by atoms with van der Waals surface area (Å²) in [5.74, 6) is -2.28. The summed E-state index contributed by atoms with van der Waals surface area (Å²) < 4.78 is 36.4. The quantitative estimate of drug-likeness (QED) is 0.109. The molecular weight excluding hydrogens is 436 g/mol. The van der Waals surface area contributed by atoms with Crippen molar-refractivity contribution in [3.8, 4) is 0 Å². The third-order valence-electron chi connectivity index (χ3n) is 5.32. The average Bonchev–Trinajstić information content (AvgIpc) is 3.53. The zero-order chi connectivity index (χ0) is 24.6. The molecule has 8 nitrogen and oxygen atoms in total. The summed E-state index contributed by atoms with van der Waals surface area (Å²) >= 11 is 0.